The first kappa shape index (κ1) is 13.8. The van der Waals surface area contributed by atoms with Gasteiger partial charge in [0.25, 0.3) is 0 Å². The minimum atomic E-state index is -0.0755. The third-order valence-corrected chi connectivity index (χ3v) is 3.96. The number of piperidine rings is 1. The molecule has 3 heterocycles. The Kier molecular flexibility index (Phi) is 3.98. The summed E-state index contributed by atoms with van der Waals surface area (Å²) < 4.78 is 0. The molecular weight excluding hydrogens is 270 g/mol. The van der Waals surface area contributed by atoms with Gasteiger partial charge in [-0.2, -0.15) is 0 Å². The Bertz CT molecular complexity index is 521. The Morgan fingerprint density at radius 2 is 2.10 bits per heavy atom. The van der Waals surface area contributed by atoms with E-state index in [1.54, 1.807) is 23.4 Å². The van der Waals surface area contributed by atoms with Gasteiger partial charge in [0.05, 0.1) is 12.5 Å². The molecule has 7 heteroatoms. The van der Waals surface area contributed by atoms with E-state index >= 15 is 0 Å². The van der Waals surface area contributed by atoms with Crippen LogP contribution in [0.1, 0.15) is 12.8 Å². The van der Waals surface area contributed by atoms with Gasteiger partial charge in [-0.15, -0.1) is 0 Å². The first-order valence-corrected chi connectivity index (χ1v) is 7.31. The topological polar surface area (TPSA) is 78.4 Å². The van der Waals surface area contributed by atoms with Crippen LogP contribution in [0.25, 0.3) is 0 Å². The summed E-state index contributed by atoms with van der Waals surface area (Å²) in [6, 6.07) is 1.78. The van der Waals surface area contributed by atoms with Crippen LogP contribution in [0.3, 0.4) is 0 Å². The zero-order valence-corrected chi connectivity index (χ0v) is 11.9. The summed E-state index contributed by atoms with van der Waals surface area (Å²) in [6.45, 7) is 2.82. The second-order valence-corrected chi connectivity index (χ2v) is 5.44. The molecule has 1 atom stereocenters. The van der Waals surface area contributed by atoms with E-state index in [9.17, 15) is 9.59 Å². The largest absolute Gasteiger partial charge is 0.353 e. The highest BCUT2D eigenvalue weighted by Gasteiger charge is 2.32. The SMILES string of the molecule is O=C1CN(C(=O)[C@@H]2CCCN(c3ncccn3)C2)CCN1. The lowest BCUT2D eigenvalue weighted by atomic mass is 9.96. The number of carbonyl (C=O) groups is 2. The number of anilines is 1. The zero-order valence-electron chi connectivity index (χ0n) is 11.9. The molecule has 112 valence electrons. The number of hydrogen-bond acceptors (Lipinski definition) is 5. The summed E-state index contributed by atoms with van der Waals surface area (Å²) in [5.41, 5.74) is 0. The molecule has 2 amide bonds. The van der Waals surface area contributed by atoms with E-state index in [0.717, 1.165) is 19.4 Å². The van der Waals surface area contributed by atoms with E-state index in [1.165, 1.54) is 0 Å². The normalized spacial score (nSPS) is 22.9. The molecule has 0 aliphatic carbocycles. The van der Waals surface area contributed by atoms with Gasteiger partial charge in [0.1, 0.15) is 0 Å². The van der Waals surface area contributed by atoms with E-state index in [4.69, 9.17) is 0 Å². The Balaban J connectivity index is 1.65. The van der Waals surface area contributed by atoms with Crippen LogP contribution in [0.4, 0.5) is 5.95 Å². The second-order valence-electron chi connectivity index (χ2n) is 5.44. The van der Waals surface area contributed by atoms with Crippen LogP contribution < -0.4 is 10.2 Å². The van der Waals surface area contributed by atoms with Crippen LogP contribution in [0.5, 0.6) is 0 Å². The Morgan fingerprint density at radius 1 is 1.29 bits per heavy atom. The molecule has 0 unspecified atom stereocenters. The standard InChI is InChI=1S/C14H19N5O2/c20-12-10-18(8-6-15-12)13(21)11-3-1-7-19(9-11)14-16-4-2-5-17-14/h2,4-5,11H,1,3,6-10H2,(H,15,20)/t11-/m1/s1. The number of rotatable bonds is 2. The molecular formula is C14H19N5O2. The summed E-state index contributed by atoms with van der Waals surface area (Å²) in [7, 11) is 0. The van der Waals surface area contributed by atoms with Crippen LogP contribution in [0.2, 0.25) is 0 Å². The van der Waals surface area contributed by atoms with E-state index in [0.29, 0.717) is 25.6 Å². The number of carbonyl (C=O) groups excluding carboxylic acids is 2. The first-order valence-electron chi connectivity index (χ1n) is 7.31. The van der Waals surface area contributed by atoms with Gasteiger partial charge in [0.2, 0.25) is 17.8 Å². The number of hydrogen-bond donors (Lipinski definition) is 1. The predicted molar refractivity (Wildman–Crippen MR) is 76.6 cm³/mol. The maximum atomic E-state index is 12.6. The highest BCUT2D eigenvalue weighted by molar-refractivity contribution is 5.87. The maximum Gasteiger partial charge on any atom is 0.239 e. The Labute approximate surface area is 123 Å². The quantitative estimate of drug-likeness (QED) is 0.805. The van der Waals surface area contributed by atoms with Crippen molar-refractivity contribution in [2.24, 2.45) is 5.92 Å². The van der Waals surface area contributed by atoms with Gasteiger partial charge in [-0.05, 0) is 18.9 Å². The van der Waals surface area contributed by atoms with Gasteiger partial charge in [-0.25, -0.2) is 9.97 Å². The van der Waals surface area contributed by atoms with Crippen LogP contribution in [0.15, 0.2) is 18.5 Å². The first-order chi connectivity index (χ1) is 10.2. The van der Waals surface area contributed by atoms with Crippen LogP contribution in [-0.2, 0) is 9.59 Å². The number of nitrogens with zero attached hydrogens (tertiary/aromatic N) is 4. The van der Waals surface area contributed by atoms with Crippen molar-refractivity contribution >= 4 is 17.8 Å². The monoisotopic (exact) mass is 289 g/mol. The molecule has 0 saturated carbocycles. The third-order valence-electron chi connectivity index (χ3n) is 3.96. The lowest BCUT2D eigenvalue weighted by molar-refractivity contribution is -0.141. The maximum absolute atomic E-state index is 12.6. The molecule has 0 spiro atoms. The molecule has 2 saturated heterocycles. The number of amides is 2. The minimum absolute atomic E-state index is 0.0745. The van der Waals surface area contributed by atoms with Crippen molar-refractivity contribution in [3.63, 3.8) is 0 Å². The van der Waals surface area contributed by atoms with Gasteiger partial charge in [-0.1, -0.05) is 0 Å². The van der Waals surface area contributed by atoms with E-state index < -0.39 is 0 Å². The van der Waals surface area contributed by atoms with Gasteiger partial charge in [-0.3, -0.25) is 9.59 Å². The number of nitrogens with one attached hydrogen (secondary N) is 1. The molecule has 2 aliphatic rings. The van der Waals surface area contributed by atoms with Gasteiger partial charge >= 0.3 is 0 Å². The number of piperazine rings is 1. The molecule has 2 aliphatic heterocycles. The summed E-state index contributed by atoms with van der Waals surface area (Å²) in [5, 5.41) is 2.74. The van der Waals surface area contributed by atoms with Crippen molar-refractivity contribution in [1.29, 1.82) is 0 Å². The molecule has 3 rings (SSSR count). The fourth-order valence-corrected chi connectivity index (χ4v) is 2.90. The van der Waals surface area contributed by atoms with E-state index in [-0.39, 0.29) is 24.3 Å². The van der Waals surface area contributed by atoms with Crippen molar-refractivity contribution in [3.05, 3.63) is 18.5 Å². The lowest BCUT2D eigenvalue weighted by Crippen LogP contribution is -2.53. The molecule has 2 fully saturated rings. The van der Waals surface area contributed by atoms with Crippen molar-refractivity contribution in [2.45, 2.75) is 12.8 Å². The molecule has 1 N–H and O–H groups in total. The Hall–Kier alpha value is -2.18. The highest BCUT2D eigenvalue weighted by atomic mass is 16.2. The third kappa shape index (κ3) is 3.12. The van der Waals surface area contributed by atoms with Gasteiger partial charge in [0, 0.05) is 38.6 Å². The minimum Gasteiger partial charge on any atom is -0.353 e. The fraction of sp³-hybridized carbons (Fsp3) is 0.571. The lowest BCUT2D eigenvalue weighted by Gasteiger charge is -2.36. The second kappa shape index (κ2) is 6.07. The zero-order chi connectivity index (χ0) is 14.7. The van der Waals surface area contributed by atoms with Crippen LogP contribution in [-0.4, -0.2) is 59.4 Å². The molecule has 0 bridgehead atoms. The molecule has 0 radical (unpaired) electrons. The van der Waals surface area contributed by atoms with Crippen LogP contribution in [0, 0.1) is 5.92 Å². The van der Waals surface area contributed by atoms with Crippen LogP contribution >= 0.6 is 0 Å². The molecule has 21 heavy (non-hydrogen) atoms. The van der Waals surface area contributed by atoms with Gasteiger partial charge in [0.15, 0.2) is 0 Å². The fourth-order valence-electron chi connectivity index (χ4n) is 2.90. The Morgan fingerprint density at radius 3 is 2.86 bits per heavy atom. The average Bonchev–Trinajstić information content (AvgIpc) is 2.55. The molecule has 1 aromatic rings. The summed E-state index contributed by atoms with van der Waals surface area (Å²) in [5.74, 6) is 0.596. The smallest absolute Gasteiger partial charge is 0.239 e. The van der Waals surface area contributed by atoms with E-state index in [2.05, 4.69) is 20.2 Å². The van der Waals surface area contributed by atoms with E-state index in [1.807, 2.05) is 0 Å². The van der Waals surface area contributed by atoms with Crippen molar-refractivity contribution < 1.29 is 9.59 Å². The van der Waals surface area contributed by atoms with Crippen molar-refractivity contribution in [1.82, 2.24) is 20.2 Å². The molecule has 0 aromatic carbocycles. The average molecular weight is 289 g/mol. The van der Waals surface area contributed by atoms with Crippen molar-refractivity contribution in [2.75, 3.05) is 37.6 Å². The summed E-state index contributed by atoms with van der Waals surface area (Å²) >= 11 is 0. The predicted octanol–water partition coefficient (Wildman–Crippen LogP) is -0.349. The molecule has 1 aromatic heterocycles. The number of aromatic nitrogens is 2. The summed E-state index contributed by atoms with van der Waals surface area (Å²) in [4.78, 5) is 36.2. The van der Waals surface area contributed by atoms with Crippen molar-refractivity contribution in [3.8, 4) is 0 Å². The van der Waals surface area contributed by atoms with Gasteiger partial charge < -0.3 is 15.1 Å². The molecule has 7 nitrogen and oxygen atoms in total. The summed E-state index contributed by atoms with van der Waals surface area (Å²) in [6.07, 6.45) is 5.22. The highest BCUT2D eigenvalue weighted by Crippen LogP contribution is 2.22.